The molecule has 0 fully saturated rings. The van der Waals surface area contributed by atoms with Crippen molar-refractivity contribution < 1.29 is 4.74 Å². The molecule has 1 atom stereocenters. The van der Waals surface area contributed by atoms with Gasteiger partial charge in [-0.05, 0) is 24.8 Å². The van der Waals surface area contributed by atoms with Gasteiger partial charge in [0.05, 0.1) is 22.7 Å². The Bertz CT molecular complexity index is 417. The van der Waals surface area contributed by atoms with E-state index >= 15 is 0 Å². The van der Waals surface area contributed by atoms with E-state index in [1.807, 2.05) is 19.2 Å². The normalized spacial score (nSPS) is 16.8. The molecule has 1 N–H and O–H groups in total. The lowest BCUT2D eigenvalue weighted by Gasteiger charge is -2.19. The third-order valence-corrected chi connectivity index (χ3v) is 3.43. The minimum Gasteiger partial charge on any atom is -0.496 e. The average Bonchev–Trinajstić information content (AvgIpc) is 2.79. The predicted octanol–water partition coefficient (Wildman–Crippen LogP) is 3.56. The van der Waals surface area contributed by atoms with Crippen LogP contribution in [0, 0.1) is 0 Å². The first kappa shape index (κ1) is 11.8. The highest BCUT2D eigenvalue weighted by Gasteiger charge is 2.22. The molecule has 0 radical (unpaired) electrons. The zero-order valence-electron chi connectivity index (χ0n) is 8.97. The Balaban J connectivity index is 2.36. The Morgan fingerprint density at radius 2 is 2.19 bits per heavy atom. The monoisotopic (exact) mass is 257 g/mol. The molecule has 1 heterocycles. The molecule has 1 aliphatic heterocycles. The Morgan fingerprint density at radius 1 is 1.38 bits per heavy atom. The maximum atomic E-state index is 6.19. The zero-order chi connectivity index (χ0) is 11.5. The molecule has 86 valence electrons. The molecule has 16 heavy (non-hydrogen) atoms. The van der Waals surface area contributed by atoms with Crippen LogP contribution in [-0.2, 0) is 4.74 Å². The molecule has 4 heteroatoms. The van der Waals surface area contributed by atoms with Gasteiger partial charge in [-0.25, -0.2) is 0 Å². The van der Waals surface area contributed by atoms with Gasteiger partial charge in [0.15, 0.2) is 0 Å². The van der Waals surface area contributed by atoms with Crippen LogP contribution in [0.1, 0.15) is 18.0 Å². The highest BCUT2D eigenvalue weighted by atomic mass is 35.5. The van der Waals surface area contributed by atoms with Crippen LogP contribution in [0.2, 0.25) is 10.0 Å². The zero-order valence-corrected chi connectivity index (χ0v) is 10.5. The van der Waals surface area contributed by atoms with Crippen LogP contribution in [0.15, 0.2) is 30.0 Å². The second kappa shape index (κ2) is 5.09. The maximum Gasteiger partial charge on any atom is 0.114 e. The van der Waals surface area contributed by atoms with E-state index in [4.69, 9.17) is 27.9 Å². The number of ether oxygens (including phenoxy) is 1. The highest BCUT2D eigenvalue weighted by Crippen LogP contribution is 2.34. The van der Waals surface area contributed by atoms with E-state index in [1.54, 1.807) is 6.07 Å². The average molecular weight is 258 g/mol. The van der Waals surface area contributed by atoms with Gasteiger partial charge >= 0.3 is 0 Å². The molecule has 0 saturated heterocycles. The second-order valence-electron chi connectivity index (χ2n) is 3.61. The quantitative estimate of drug-likeness (QED) is 0.895. The molecule has 2 nitrogen and oxygen atoms in total. The first-order valence-electron chi connectivity index (χ1n) is 5.18. The standard InChI is InChI=1S/C12H13Cl2NO/c1-15-12(10-6-3-7-16-10)8-4-2-5-9(13)11(8)14/h2,4-6,12,15H,3,7H2,1H3. The van der Waals surface area contributed by atoms with Gasteiger partial charge in [0.25, 0.3) is 0 Å². The number of benzene rings is 1. The third kappa shape index (κ3) is 2.19. The fourth-order valence-electron chi connectivity index (χ4n) is 1.83. The summed E-state index contributed by atoms with van der Waals surface area (Å²) in [4.78, 5) is 0. The van der Waals surface area contributed by atoms with Gasteiger partial charge in [0.2, 0.25) is 0 Å². The summed E-state index contributed by atoms with van der Waals surface area (Å²) in [6.45, 7) is 0.742. The fraction of sp³-hybridized carbons (Fsp3) is 0.333. The molecule has 0 amide bonds. The summed E-state index contributed by atoms with van der Waals surface area (Å²) in [6, 6.07) is 5.61. The molecule has 1 unspecified atom stereocenters. The second-order valence-corrected chi connectivity index (χ2v) is 4.39. The Labute approximate surface area is 105 Å². The highest BCUT2D eigenvalue weighted by molar-refractivity contribution is 6.42. The van der Waals surface area contributed by atoms with E-state index in [0.717, 1.165) is 24.4 Å². The van der Waals surface area contributed by atoms with Crippen molar-refractivity contribution in [1.29, 1.82) is 0 Å². The van der Waals surface area contributed by atoms with E-state index in [-0.39, 0.29) is 6.04 Å². The summed E-state index contributed by atoms with van der Waals surface area (Å²) in [6.07, 6.45) is 3.03. The SMILES string of the molecule is CNC(C1=CCCO1)c1cccc(Cl)c1Cl. The smallest absolute Gasteiger partial charge is 0.114 e. The summed E-state index contributed by atoms with van der Waals surface area (Å²) in [7, 11) is 1.88. The van der Waals surface area contributed by atoms with Gasteiger partial charge in [-0.3, -0.25) is 0 Å². The number of rotatable bonds is 3. The van der Waals surface area contributed by atoms with Crippen LogP contribution >= 0.6 is 23.2 Å². The molecule has 1 aliphatic rings. The number of nitrogens with one attached hydrogen (secondary N) is 1. The summed E-state index contributed by atoms with van der Waals surface area (Å²) in [5, 5.41) is 4.34. The van der Waals surface area contributed by atoms with Gasteiger partial charge in [-0.15, -0.1) is 0 Å². The number of hydrogen-bond donors (Lipinski definition) is 1. The topological polar surface area (TPSA) is 21.3 Å². The lowest BCUT2D eigenvalue weighted by atomic mass is 10.0. The first-order chi connectivity index (χ1) is 7.74. The van der Waals surface area contributed by atoms with Crippen LogP contribution in [-0.4, -0.2) is 13.7 Å². The number of halogens is 2. The molecule has 1 aromatic carbocycles. The Hall–Kier alpha value is -0.700. The van der Waals surface area contributed by atoms with Crippen molar-refractivity contribution in [3.05, 3.63) is 45.6 Å². The first-order valence-corrected chi connectivity index (χ1v) is 5.93. The summed E-state index contributed by atoms with van der Waals surface area (Å²) in [5.41, 5.74) is 0.949. The van der Waals surface area contributed by atoms with E-state index in [0.29, 0.717) is 10.0 Å². The molecular weight excluding hydrogens is 245 g/mol. The Kier molecular flexibility index (Phi) is 3.74. The number of likely N-dealkylation sites (N-methyl/N-ethyl adjacent to an activating group) is 1. The van der Waals surface area contributed by atoms with Crippen LogP contribution in [0.4, 0.5) is 0 Å². The van der Waals surface area contributed by atoms with Crippen LogP contribution in [0.3, 0.4) is 0 Å². The van der Waals surface area contributed by atoms with Crippen molar-refractivity contribution in [2.45, 2.75) is 12.5 Å². The summed E-state index contributed by atoms with van der Waals surface area (Å²) < 4.78 is 5.55. The van der Waals surface area contributed by atoms with E-state index in [9.17, 15) is 0 Å². The molecule has 0 bridgehead atoms. The van der Waals surface area contributed by atoms with E-state index in [2.05, 4.69) is 11.4 Å². The molecular formula is C12H13Cl2NO. The van der Waals surface area contributed by atoms with Crippen molar-refractivity contribution in [3.63, 3.8) is 0 Å². The molecule has 2 rings (SSSR count). The van der Waals surface area contributed by atoms with Gasteiger partial charge < -0.3 is 10.1 Å². The van der Waals surface area contributed by atoms with Crippen molar-refractivity contribution in [2.75, 3.05) is 13.7 Å². The van der Waals surface area contributed by atoms with Gasteiger partial charge in [-0.1, -0.05) is 35.3 Å². The van der Waals surface area contributed by atoms with Crippen molar-refractivity contribution in [2.24, 2.45) is 0 Å². The molecule has 1 aromatic rings. The van der Waals surface area contributed by atoms with Crippen molar-refractivity contribution >= 4 is 23.2 Å². The minimum absolute atomic E-state index is 0.0197. The summed E-state index contributed by atoms with van der Waals surface area (Å²) in [5.74, 6) is 0.923. The largest absolute Gasteiger partial charge is 0.496 e. The fourth-order valence-corrected chi connectivity index (χ4v) is 2.25. The van der Waals surface area contributed by atoms with Gasteiger partial charge in [0.1, 0.15) is 5.76 Å². The molecule has 0 aliphatic carbocycles. The predicted molar refractivity (Wildman–Crippen MR) is 66.9 cm³/mol. The molecule has 0 aromatic heterocycles. The Morgan fingerprint density at radius 3 is 2.81 bits per heavy atom. The van der Waals surface area contributed by atoms with Crippen molar-refractivity contribution in [1.82, 2.24) is 5.32 Å². The minimum atomic E-state index is -0.0197. The van der Waals surface area contributed by atoms with Crippen molar-refractivity contribution in [3.8, 4) is 0 Å². The lowest BCUT2D eigenvalue weighted by molar-refractivity contribution is 0.218. The van der Waals surface area contributed by atoms with Crippen LogP contribution < -0.4 is 5.32 Å². The van der Waals surface area contributed by atoms with Crippen LogP contribution in [0.5, 0.6) is 0 Å². The van der Waals surface area contributed by atoms with Crippen LogP contribution in [0.25, 0.3) is 0 Å². The lowest BCUT2D eigenvalue weighted by Crippen LogP contribution is -2.19. The molecule has 0 spiro atoms. The van der Waals surface area contributed by atoms with E-state index < -0.39 is 0 Å². The van der Waals surface area contributed by atoms with Gasteiger partial charge in [-0.2, -0.15) is 0 Å². The number of hydrogen-bond acceptors (Lipinski definition) is 2. The molecule has 0 saturated carbocycles. The van der Waals surface area contributed by atoms with E-state index in [1.165, 1.54) is 0 Å². The third-order valence-electron chi connectivity index (χ3n) is 2.60. The maximum absolute atomic E-state index is 6.19. The summed E-state index contributed by atoms with van der Waals surface area (Å²) >= 11 is 12.2. The van der Waals surface area contributed by atoms with Gasteiger partial charge in [0, 0.05) is 6.42 Å².